The minimum Gasteiger partial charge on any atom is -0.481 e. The monoisotopic (exact) mass is 860 g/mol. The Balaban J connectivity index is 0.000000109. The molecule has 0 radical (unpaired) electrons. The van der Waals surface area contributed by atoms with Crippen LogP contribution in [0.1, 0.15) is 93.9 Å². The predicted octanol–water partition coefficient (Wildman–Crippen LogP) is 5.61. The summed E-state index contributed by atoms with van der Waals surface area (Å²) in [6.45, 7) is 0. The Kier molecular flexibility index (Phi) is 8.20. The summed E-state index contributed by atoms with van der Waals surface area (Å²) >= 11 is 0. The van der Waals surface area contributed by atoms with E-state index in [0.717, 1.165) is 41.5 Å². The van der Waals surface area contributed by atoms with E-state index in [1.54, 1.807) is 0 Å². The first-order valence-electron chi connectivity index (χ1n) is 22.7. The molecule has 12 heteroatoms. The number of hydrogen-bond donors (Lipinski definition) is 2. The van der Waals surface area contributed by atoms with E-state index in [4.69, 9.17) is 18.9 Å². The van der Waals surface area contributed by atoms with Gasteiger partial charge in [0.25, 0.3) is 0 Å². The van der Waals surface area contributed by atoms with Crippen LogP contribution in [0.15, 0.2) is 97.1 Å². The molecule has 4 aromatic rings. The van der Waals surface area contributed by atoms with Crippen molar-refractivity contribution in [2.75, 3.05) is 0 Å². The number of carbonyl (C=O) groups is 6. The molecule has 2 N–H and O–H groups in total. The second-order valence-electron chi connectivity index (χ2n) is 19.8. The van der Waals surface area contributed by atoms with Crippen LogP contribution in [-0.4, -0.2) is 70.4 Å². The SMILES string of the molecule is O=C1OC(=O)C2C3c4ccccc4C(c4ccccc43)C12.O=C1OC2C(O)C3CC1C2C3.O=C1OC2C3CC(CC13)C2OC(=O)C1C2c3ccccc3C(c3ccccc32)C1C(=O)O. The van der Waals surface area contributed by atoms with Crippen molar-refractivity contribution < 1.29 is 57.9 Å². The van der Waals surface area contributed by atoms with Crippen molar-refractivity contribution in [3.63, 3.8) is 0 Å². The average molecular weight is 861 g/mol. The molecule has 3 heterocycles. The lowest BCUT2D eigenvalue weighted by Crippen LogP contribution is -2.49. The van der Waals surface area contributed by atoms with E-state index in [0.29, 0.717) is 18.3 Å². The van der Waals surface area contributed by atoms with Crippen LogP contribution in [0.4, 0.5) is 0 Å². The number of aliphatic hydroxyl groups is 1. The number of carbonyl (C=O) groups excluding carboxylic acids is 5. The second-order valence-corrected chi connectivity index (χ2v) is 19.8. The summed E-state index contributed by atoms with van der Waals surface area (Å²) < 4.78 is 21.6. The minimum atomic E-state index is -0.980. The highest BCUT2D eigenvalue weighted by Gasteiger charge is 2.65. The second kappa shape index (κ2) is 13.7. The van der Waals surface area contributed by atoms with Gasteiger partial charge >= 0.3 is 35.8 Å². The molecule has 4 aromatic carbocycles. The van der Waals surface area contributed by atoms with Gasteiger partial charge in [0.05, 0.1) is 41.6 Å². The Morgan fingerprint density at radius 3 is 1.33 bits per heavy atom. The largest absolute Gasteiger partial charge is 0.481 e. The zero-order chi connectivity index (χ0) is 43.4. The first-order valence-corrected chi connectivity index (χ1v) is 22.7. The number of carboxylic acid groups (broad SMARTS) is 1. The lowest BCUT2D eigenvalue weighted by Gasteiger charge is -2.48. The number of carboxylic acids is 1. The lowest BCUT2D eigenvalue weighted by molar-refractivity contribution is -0.172. The Labute approximate surface area is 367 Å². The van der Waals surface area contributed by atoms with E-state index >= 15 is 0 Å². The van der Waals surface area contributed by atoms with Gasteiger partial charge in [-0.15, -0.1) is 0 Å². The van der Waals surface area contributed by atoms with Gasteiger partial charge in [0, 0.05) is 41.4 Å². The molecule has 17 rings (SSSR count). The molecule has 324 valence electrons. The molecule has 64 heavy (non-hydrogen) atoms. The van der Waals surface area contributed by atoms with Gasteiger partial charge in [0.15, 0.2) is 0 Å². The van der Waals surface area contributed by atoms with Gasteiger partial charge < -0.3 is 29.2 Å². The van der Waals surface area contributed by atoms with Gasteiger partial charge in [-0.25, -0.2) is 0 Å². The van der Waals surface area contributed by atoms with Crippen LogP contribution in [0.3, 0.4) is 0 Å². The molecule has 7 fully saturated rings. The molecule has 13 aliphatic rings. The van der Waals surface area contributed by atoms with Gasteiger partial charge in [0.2, 0.25) is 0 Å². The highest BCUT2D eigenvalue weighted by molar-refractivity contribution is 6.00. The number of benzene rings is 4. The molecule has 3 saturated heterocycles. The third kappa shape index (κ3) is 5.08. The Morgan fingerprint density at radius 1 is 0.500 bits per heavy atom. The summed E-state index contributed by atoms with van der Waals surface area (Å²) in [6, 6.07) is 32.0. The number of aliphatic carboxylic acids is 1. The van der Waals surface area contributed by atoms with E-state index in [1.807, 2.05) is 72.8 Å². The zero-order valence-electron chi connectivity index (χ0n) is 34.4. The van der Waals surface area contributed by atoms with Crippen molar-refractivity contribution in [2.45, 2.75) is 73.8 Å². The standard InChI is InChI=1S/C26H22O6.C18H12O3.C8H10O3/c27-24(28)20-18-12-5-1-3-7-14(12)19(15-8-4-2-6-13(15)18)21(20)26(30)31-22-11-9-16-17(10-11)25(29)32-23(16)22;19-17-15-13-9-5-1-2-6-10(9)14(16(15)18(20)21-17)12-8-4-3-7-11(12)13;9-6-3-1-4-5(2-3)8(10)11-7(4)6/h1-8,11,16-23H,9-10H2,(H,27,28);1-8,13-16H;3-7,9H,1-2H2. The van der Waals surface area contributed by atoms with Crippen molar-refractivity contribution in [3.8, 4) is 0 Å². The normalized spacial score (nSPS) is 40.1. The summed E-state index contributed by atoms with van der Waals surface area (Å²) in [5, 5.41) is 19.8. The number of esters is 5. The third-order valence-corrected chi connectivity index (χ3v) is 17.3. The van der Waals surface area contributed by atoms with Crippen molar-refractivity contribution in [3.05, 3.63) is 142 Å². The van der Waals surface area contributed by atoms with E-state index < -0.39 is 35.8 Å². The number of hydrogen-bond acceptors (Lipinski definition) is 11. The molecule has 4 saturated carbocycles. The van der Waals surface area contributed by atoms with E-state index in [2.05, 4.69) is 24.3 Å². The fourth-order valence-electron chi connectivity index (χ4n) is 14.9. The van der Waals surface area contributed by atoms with E-state index in [9.17, 15) is 39.0 Å². The molecule has 0 spiro atoms. The summed E-state index contributed by atoms with van der Waals surface area (Å²) in [5.41, 5.74) is 8.69. The van der Waals surface area contributed by atoms with Gasteiger partial charge in [-0.3, -0.25) is 28.8 Å². The quantitative estimate of drug-likeness (QED) is 0.148. The number of rotatable bonds is 3. The maximum Gasteiger partial charge on any atom is 0.318 e. The van der Waals surface area contributed by atoms with Gasteiger partial charge in [-0.2, -0.15) is 0 Å². The summed E-state index contributed by atoms with van der Waals surface area (Å²) in [4.78, 5) is 73.8. The van der Waals surface area contributed by atoms with E-state index in [-0.39, 0.29) is 95.5 Å². The molecule has 14 atom stereocenters. The minimum absolute atomic E-state index is 0.0497. The fraction of sp³-hybridized carbons (Fsp3) is 0.423. The van der Waals surface area contributed by atoms with Gasteiger partial charge in [-0.05, 0) is 76.1 Å². The molecule has 3 aliphatic heterocycles. The Bertz CT molecular complexity index is 2580. The van der Waals surface area contributed by atoms with Crippen LogP contribution < -0.4 is 0 Å². The first-order chi connectivity index (χ1) is 31.1. The van der Waals surface area contributed by atoms with Crippen molar-refractivity contribution in [1.82, 2.24) is 0 Å². The highest BCUT2D eigenvalue weighted by Crippen LogP contribution is 2.62. The fourth-order valence-corrected chi connectivity index (χ4v) is 14.9. The topological polar surface area (TPSA) is 180 Å². The van der Waals surface area contributed by atoms with E-state index in [1.165, 1.54) is 22.3 Å². The Morgan fingerprint density at radius 2 is 0.891 bits per heavy atom. The third-order valence-electron chi connectivity index (χ3n) is 17.3. The molecule has 0 amide bonds. The zero-order valence-corrected chi connectivity index (χ0v) is 34.4. The number of aliphatic hydroxyl groups excluding tert-OH is 1. The average Bonchev–Trinajstić information content (AvgIpc) is 4.18. The molecule has 10 aliphatic carbocycles. The molecular weight excluding hydrogens is 817 g/mol. The number of ether oxygens (including phenoxy) is 4. The van der Waals surface area contributed by atoms with Crippen LogP contribution in [0, 0.1) is 59.2 Å². The van der Waals surface area contributed by atoms with Crippen LogP contribution in [0.5, 0.6) is 0 Å². The van der Waals surface area contributed by atoms with Crippen LogP contribution >= 0.6 is 0 Å². The van der Waals surface area contributed by atoms with Crippen LogP contribution in [-0.2, 0) is 47.7 Å². The summed E-state index contributed by atoms with van der Waals surface area (Å²) in [6.07, 6.45) is 2.05. The molecule has 14 unspecified atom stereocenters. The molecular formula is C52H44O12. The summed E-state index contributed by atoms with van der Waals surface area (Å²) in [5.74, 6) is -4.67. The van der Waals surface area contributed by atoms with Crippen molar-refractivity contribution in [1.29, 1.82) is 0 Å². The predicted molar refractivity (Wildman–Crippen MR) is 221 cm³/mol. The summed E-state index contributed by atoms with van der Waals surface area (Å²) in [7, 11) is 0. The molecule has 12 nitrogen and oxygen atoms in total. The maximum absolute atomic E-state index is 13.7. The van der Waals surface area contributed by atoms with Crippen LogP contribution in [0.25, 0.3) is 0 Å². The van der Waals surface area contributed by atoms with Gasteiger partial charge in [0.1, 0.15) is 18.3 Å². The van der Waals surface area contributed by atoms with Gasteiger partial charge in [-0.1, -0.05) is 97.1 Å². The highest BCUT2D eigenvalue weighted by atomic mass is 16.6. The van der Waals surface area contributed by atoms with Crippen molar-refractivity contribution >= 4 is 35.8 Å². The molecule has 0 aromatic heterocycles. The number of cyclic esters (lactones) is 2. The number of fused-ring (bicyclic) bond motifs is 3. The smallest absolute Gasteiger partial charge is 0.318 e. The maximum atomic E-state index is 13.7. The lowest BCUT2D eigenvalue weighted by atomic mass is 9.54. The molecule has 8 bridgehead atoms. The van der Waals surface area contributed by atoms with Crippen LogP contribution in [0.2, 0.25) is 0 Å². The Hall–Kier alpha value is -6.14. The van der Waals surface area contributed by atoms with Crippen molar-refractivity contribution in [2.24, 2.45) is 59.2 Å². The first kappa shape index (κ1) is 38.3.